The van der Waals surface area contributed by atoms with Crippen LogP contribution in [0.25, 0.3) is 0 Å². The Balaban J connectivity index is 1.71. The third kappa shape index (κ3) is 3.65. The zero-order valence-corrected chi connectivity index (χ0v) is 13.6. The number of ether oxygens (including phenoxy) is 1. The maximum absolute atomic E-state index is 5.73. The van der Waals surface area contributed by atoms with E-state index in [1.165, 1.54) is 0 Å². The molecule has 0 aliphatic carbocycles. The van der Waals surface area contributed by atoms with Crippen LogP contribution < -0.4 is 5.32 Å². The van der Waals surface area contributed by atoms with Crippen LogP contribution in [0.2, 0.25) is 0 Å². The SMILES string of the molecule is CNCc1nnc(SCc2noc(C)n2)n1C[C@@H]1CCCO1. The number of aromatic nitrogens is 5. The standard InChI is InChI=1S/C13H20N6O2S/c1-9-15-11(18-21-9)8-22-13-17-16-12(6-14-2)19(13)7-10-4-3-5-20-10/h10,14H,3-8H2,1-2H3/t10-/m0/s1. The Morgan fingerprint density at radius 3 is 3.00 bits per heavy atom. The second-order valence-electron chi connectivity index (χ2n) is 5.19. The number of hydrogen-bond donors (Lipinski definition) is 1. The first-order valence-corrected chi connectivity index (χ1v) is 8.35. The van der Waals surface area contributed by atoms with Gasteiger partial charge in [0.05, 0.1) is 24.9 Å². The van der Waals surface area contributed by atoms with Crippen molar-refractivity contribution < 1.29 is 9.26 Å². The van der Waals surface area contributed by atoms with E-state index in [1.807, 2.05) is 7.05 Å². The first-order valence-electron chi connectivity index (χ1n) is 7.36. The topological polar surface area (TPSA) is 90.9 Å². The smallest absolute Gasteiger partial charge is 0.223 e. The quantitative estimate of drug-likeness (QED) is 0.759. The molecule has 120 valence electrons. The molecule has 1 aliphatic rings. The molecule has 3 heterocycles. The fourth-order valence-corrected chi connectivity index (χ4v) is 3.23. The molecule has 1 fully saturated rings. The van der Waals surface area contributed by atoms with Crippen LogP contribution in [0.3, 0.4) is 0 Å². The lowest BCUT2D eigenvalue weighted by Gasteiger charge is -2.14. The van der Waals surface area contributed by atoms with Gasteiger partial charge in [-0.3, -0.25) is 0 Å². The van der Waals surface area contributed by atoms with Crippen LogP contribution in [0.1, 0.15) is 30.4 Å². The number of nitrogens with one attached hydrogen (secondary N) is 1. The highest BCUT2D eigenvalue weighted by Gasteiger charge is 2.21. The molecule has 0 unspecified atom stereocenters. The molecule has 3 rings (SSSR count). The lowest BCUT2D eigenvalue weighted by Crippen LogP contribution is -2.20. The first kappa shape index (κ1) is 15.4. The van der Waals surface area contributed by atoms with Crippen LogP contribution >= 0.6 is 11.8 Å². The minimum atomic E-state index is 0.248. The molecule has 1 N–H and O–H groups in total. The first-order chi connectivity index (χ1) is 10.8. The minimum absolute atomic E-state index is 0.248. The van der Waals surface area contributed by atoms with Crippen LogP contribution in [0.5, 0.6) is 0 Å². The molecule has 2 aromatic rings. The minimum Gasteiger partial charge on any atom is -0.376 e. The number of aryl methyl sites for hydroxylation is 1. The Bertz CT molecular complexity index is 607. The lowest BCUT2D eigenvalue weighted by molar-refractivity contribution is 0.0941. The summed E-state index contributed by atoms with van der Waals surface area (Å²) in [5, 5.41) is 16.5. The number of hydrogen-bond acceptors (Lipinski definition) is 8. The molecule has 0 bridgehead atoms. The maximum Gasteiger partial charge on any atom is 0.223 e. The molecule has 0 radical (unpaired) electrons. The van der Waals surface area contributed by atoms with E-state index in [2.05, 4.69) is 30.2 Å². The molecule has 9 heteroatoms. The van der Waals surface area contributed by atoms with Crippen molar-refractivity contribution in [2.24, 2.45) is 0 Å². The van der Waals surface area contributed by atoms with Crippen molar-refractivity contribution in [1.29, 1.82) is 0 Å². The number of thioether (sulfide) groups is 1. The Hall–Kier alpha value is -1.45. The fourth-order valence-electron chi connectivity index (χ4n) is 2.42. The average molecular weight is 324 g/mol. The van der Waals surface area contributed by atoms with E-state index in [-0.39, 0.29) is 6.10 Å². The van der Waals surface area contributed by atoms with Crippen molar-refractivity contribution in [2.75, 3.05) is 13.7 Å². The van der Waals surface area contributed by atoms with E-state index in [9.17, 15) is 0 Å². The molecule has 0 amide bonds. The second-order valence-corrected chi connectivity index (χ2v) is 6.14. The largest absolute Gasteiger partial charge is 0.376 e. The van der Waals surface area contributed by atoms with Gasteiger partial charge in [0.25, 0.3) is 0 Å². The Labute approximate surface area is 133 Å². The summed E-state index contributed by atoms with van der Waals surface area (Å²) in [6.07, 6.45) is 2.46. The van der Waals surface area contributed by atoms with E-state index in [1.54, 1.807) is 18.7 Å². The van der Waals surface area contributed by atoms with Crippen molar-refractivity contribution in [3.8, 4) is 0 Å². The van der Waals surface area contributed by atoms with Gasteiger partial charge in [0.2, 0.25) is 5.89 Å². The van der Waals surface area contributed by atoms with E-state index in [0.717, 1.165) is 37.0 Å². The fraction of sp³-hybridized carbons (Fsp3) is 0.692. The highest BCUT2D eigenvalue weighted by molar-refractivity contribution is 7.98. The molecule has 1 saturated heterocycles. The van der Waals surface area contributed by atoms with E-state index < -0.39 is 0 Å². The van der Waals surface area contributed by atoms with Gasteiger partial charge in [-0.15, -0.1) is 10.2 Å². The third-order valence-electron chi connectivity index (χ3n) is 3.44. The summed E-state index contributed by atoms with van der Waals surface area (Å²) in [4.78, 5) is 4.21. The van der Waals surface area contributed by atoms with Gasteiger partial charge in [-0.1, -0.05) is 16.9 Å². The summed E-state index contributed by atoms with van der Waals surface area (Å²) in [6, 6.07) is 0. The molecule has 0 spiro atoms. The molecule has 1 aliphatic heterocycles. The van der Waals surface area contributed by atoms with Crippen LogP contribution in [0, 0.1) is 6.92 Å². The zero-order chi connectivity index (χ0) is 15.4. The summed E-state index contributed by atoms with van der Waals surface area (Å²) in [5.74, 6) is 2.78. The van der Waals surface area contributed by atoms with Crippen molar-refractivity contribution >= 4 is 11.8 Å². The van der Waals surface area contributed by atoms with E-state index >= 15 is 0 Å². The molecule has 8 nitrogen and oxygen atoms in total. The highest BCUT2D eigenvalue weighted by Crippen LogP contribution is 2.23. The van der Waals surface area contributed by atoms with Gasteiger partial charge in [-0.2, -0.15) is 4.98 Å². The lowest BCUT2D eigenvalue weighted by atomic mass is 10.2. The Kier molecular flexibility index (Phi) is 5.06. The van der Waals surface area contributed by atoms with Gasteiger partial charge in [0.1, 0.15) is 5.82 Å². The van der Waals surface area contributed by atoms with Crippen LogP contribution in [-0.2, 0) is 23.6 Å². The van der Waals surface area contributed by atoms with Crippen LogP contribution in [0.4, 0.5) is 0 Å². The summed E-state index contributed by atoms with van der Waals surface area (Å²) in [6.45, 7) is 4.10. The summed E-state index contributed by atoms with van der Waals surface area (Å²) in [7, 11) is 1.90. The van der Waals surface area contributed by atoms with Gasteiger partial charge in [-0.05, 0) is 19.9 Å². The molecular weight excluding hydrogens is 304 g/mol. The van der Waals surface area contributed by atoms with Crippen molar-refractivity contribution in [3.05, 3.63) is 17.5 Å². The molecule has 0 saturated carbocycles. The molecule has 22 heavy (non-hydrogen) atoms. The summed E-state index contributed by atoms with van der Waals surface area (Å²) < 4.78 is 12.9. The maximum atomic E-state index is 5.73. The van der Waals surface area contributed by atoms with E-state index in [4.69, 9.17) is 9.26 Å². The zero-order valence-electron chi connectivity index (χ0n) is 12.8. The van der Waals surface area contributed by atoms with Gasteiger partial charge in [-0.25, -0.2) is 0 Å². The molecule has 2 aromatic heterocycles. The van der Waals surface area contributed by atoms with Crippen molar-refractivity contribution in [3.63, 3.8) is 0 Å². The Morgan fingerprint density at radius 2 is 2.32 bits per heavy atom. The summed E-state index contributed by atoms with van der Waals surface area (Å²) in [5.41, 5.74) is 0. The summed E-state index contributed by atoms with van der Waals surface area (Å²) >= 11 is 1.56. The molecule has 0 aromatic carbocycles. The predicted octanol–water partition coefficient (Wildman–Crippen LogP) is 1.16. The van der Waals surface area contributed by atoms with Crippen molar-refractivity contribution in [1.82, 2.24) is 30.2 Å². The van der Waals surface area contributed by atoms with Crippen LogP contribution in [-0.4, -0.2) is 44.7 Å². The van der Waals surface area contributed by atoms with Gasteiger partial charge < -0.3 is 19.1 Å². The van der Waals surface area contributed by atoms with E-state index in [0.29, 0.717) is 24.0 Å². The number of nitrogens with zero attached hydrogens (tertiary/aromatic N) is 5. The Morgan fingerprint density at radius 1 is 1.41 bits per heavy atom. The van der Waals surface area contributed by atoms with Gasteiger partial charge in [0, 0.05) is 13.5 Å². The van der Waals surface area contributed by atoms with Gasteiger partial charge >= 0.3 is 0 Å². The predicted molar refractivity (Wildman–Crippen MR) is 80.4 cm³/mol. The molecular formula is C13H20N6O2S. The monoisotopic (exact) mass is 324 g/mol. The number of rotatable bonds is 7. The van der Waals surface area contributed by atoms with Crippen LogP contribution in [0.15, 0.2) is 9.68 Å². The molecule has 1 atom stereocenters. The normalized spacial score (nSPS) is 18.2. The third-order valence-corrected chi connectivity index (χ3v) is 4.40. The highest BCUT2D eigenvalue weighted by atomic mass is 32.2. The van der Waals surface area contributed by atoms with Crippen molar-refractivity contribution in [2.45, 2.75) is 49.9 Å². The van der Waals surface area contributed by atoms with Gasteiger partial charge in [0.15, 0.2) is 11.0 Å². The average Bonchev–Trinajstić information content (AvgIpc) is 3.22. The second kappa shape index (κ2) is 7.21.